The first-order valence-electron chi connectivity index (χ1n) is 10.3. The number of likely N-dealkylation sites (tertiary alicyclic amines) is 1. The average molecular weight is 424 g/mol. The van der Waals surface area contributed by atoms with Gasteiger partial charge in [0, 0.05) is 48.9 Å². The molecule has 2 aliphatic rings. The lowest BCUT2D eigenvalue weighted by molar-refractivity contribution is -0.992. The molecular formula is C22H24N4O5. The van der Waals surface area contributed by atoms with Gasteiger partial charge in [0.2, 0.25) is 11.6 Å². The SMILES string of the molecule is COc1cccc2c1ccn2CC(=O)N1CC2CC(C1)c1ccc([NH+]([O-])O)c(=O)n1C2. The van der Waals surface area contributed by atoms with E-state index in [2.05, 4.69) is 0 Å². The minimum atomic E-state index is -1.21. The van der Waals surface area contributed by atoms with Gasteiger partial charge in [-0.25, -0.2) is 5.21 Å². The van der Waals surface area contributed by atoms with Crippen LogP contribution in [-0.2, 0) is 17.9 Å². The predicted octanol–water partition coefficient (Wildman–Crippen LogP) is 0.861. The molecule has 31 heavy (non-hydrogen) atoms. The summed E-state index contributed by atoms with van der Waals surface area (Å²) in [5.74, 6) is 0.985. The Bertz CT molecular complexity index is 1210. The number of ether oxygens (including phenoxy) is 1. The number of methoxy groups -OCH3 is 1. The van der Waals surface area contributed by atoms with E-state index in [0.717, 1.165) is 28.8 Å². The van der Waals surface area contributed by atoms with Gasteiger partial charge in [-0.2, -0.15) is 5.23 Å². The first-order chi connectivity index (χ1) is 15.0. The molecule has 9 nitrogen and oxygen atoms in total. The molecule has 2 bridgehead atoms. The fraction of sp³-hybridized carbons (Fsp3) is 0.364. The lowest BCUT2D eigenvalue weighted by atomic mass is 9.83. The predicted molar refractivity (Wildman–Crippen MR) is 112 cm³/mol. The van der Waals surface area contributed by atoms with Crippen LogP contribution in [0.2, 0.25) is 0 Å². The van der Waals surface area contributed by atoms with Crippen LogP contribution in [0.25, 0.3) is 10.9 Å². The summed E-state index contributed by atoms with van der Waals surface area (Å²) in [6.45, 7) is 1.78. The number of nitrogens with one attached hydrogen (secondary N) is 1. The molecule has 1 fully saturated rings. The minimum absolute atomic E-state index is 0.0352. The zero-order valence-corrected chi connectivity index (χ0v) is 17.2. The van der Waals surface area contributed by atoms with Crippen molar-refractivity contribution in [2.75, 3.05) is 20.2 Å². The standard InChI is InChI=1S/C22H24N4O5/c1-31-20-4-2-3-18-16(20)7-8-23(18)13-21(27)24-10-14-9-15(12-24)17-5-6-19(26(29)30)22(28)25(17)11-14/h2-8,14-15,26,29H,9-13H2,1H3. The third-order valence-corrected chi connectivity index (χ3v) is 6.49. The minimum Gasteiger partial charge on any atom is -0.595 e. The summed E-state index contributed by atoms with van der Waals surface area (Å²) >= 11 is 0. The summed E-state index contributed by atoms with van der Waals surface area (Å²) < 4.78 is 8.93. The summed E-state index contributed by atoms with van der Waals surface area (Å²) in [6.07, 6.45) is 2.80. The molecule has 3 unspecified atom stereocenters. The molecule has 0 spiro atoms. The molecule has 4 heterocycles. The summed E-state index contributed by atoms with van der Waals surface area (Å²) in [4.78, 5) is 27.6. The van der Waals surface area contributed by atoms with Crippen LogP contribution < -0.4 is 15.5 Å². The van der Waals surface area contributed by atoms with Crippen LogP contribution in [0.5, 0.6) is 5.75 Å². The highest BCUT2D eigenvalue weighted by Gasteiger charge is 2.37. The molecule has 1 saturated heterocycles. The number of nitrogens with zero attached hydrogens (tertiary/aromatic N) is 3. The highest BCUT2D eigenvalue weighted by molar-refractivity contribution is 5.88. The van der Waals surface area contributed by atoms with Crippen LogP contribution in [0.15, 0.2) is 47.4 Å². The number of pyridine rings is 1. The van der Waals surface area contributed by atoms with E-state index in [-0.39, 0.29) is 30.0 Å². The number of hydrogen-bond acceptors (Lipinski definition) is 5. The van der Waals surface area contributed by atoms with Crippen LogP contribution in [0.1, 0.15) is 18.0 Å². The van der Waals surface area contributed by atoms with E-state index < -0.39 is 10.8 Å². The van der Waals surface area contributed by atoms with Gasteiger partial charge < -0.3 is 24.0 Å². The highest BCUT2D eigenvalue weighted by atomic mass is 16.8. The lowest BCUT2D eigenvalue weighted by Crippen LogP contribution is -3.00. The molecule has 0 aliphatic carbocycles. The molecule has 9 heteroatoms. The van der Waals surface area contributed by atoms with E-state index in [1.165, 1.54) is 6.07 Å². The van der Waals surface area contributed by atoms with Crippen molar-refractivity contribution in [2.45, 2.75) is 25.4 Å². The van der Waals surface area contributed by atoms with Crippen molar-refractivity contribution < 1.29 is 20.0 Å². The third kappa shape index (κ3) is 3.31. The Kier molecular flexibility index (Phi) is 4.81. The third-order valence-electron chi connectivity index (χ3n) is 6.49. The molecular weight excluding hydrogens is 400 g/mol. The molecule has 5 rings (SSSR count). The summed E-state index contributed by atoms with van der Waals surface area (Å²) in [7, 11) is 1.63. The van der Waals surface area contributed by atoms with Gasteiger partial charge in [-0.3, -0.25) is 9.59 Å². The maximum absolute atomic E-state index is 13.1. The molecule has 2 N–H and O–H groups in total. The summed E-state index contributed by atoms with van der Waals surface area (Å²) in [5.41, 5.74) is 1.11. The van der Waals surface area contributed by atoms with Crippen molar-refractivity contribution in [3.63, 3.8) is 0 Å². The quantitative estimate of drug-likeness (QED) is 0.605. The Hall–Kier alpha value is -3.14. The Morgan fingerprint density at radius 2 is 2.06 bits per heavy atom. The van der Waals surface area contributed by atoms with Crippen LogP contribution >= 0.6 is 0 Å². The van der Waals surface area contributed by atoms with Gasteiger partial charge in [-0.05, 0) is 36.6 Å². The summed E-state index contributed by atoms with van der Waals surface area (Å²) in [5, 5.41) is 20.3. The number of carbonyl (C=O) groups excluding carboxylic acids is 1. The monoisotopic (exact) mass is 424 g/mol. The van der Waals surface area contributed by atoms with E-state index in [4.69, 9.17) is 4.74 Å². The topological polar surface area (TPSA) is 104 Å². The van der Waals surface area contributed by atoms with Crippen molar-refractivity contribution in [1.29, 1.82) is 0 Å². The Balaban J connectivity index is 1.38. The average Bonchev–Trinajstić information content (AvgIpc) is 3.17. The lowest BCUT2D eigenvalue weighted by Gasteiger charge is -2.43. The number of carbonyl (C=O) groups is 1. The molecule has 0 radical (unpaired) electrons. The molecule has 2 aliphatic heterocycles. The first-order valence-corrected chi connectivity index (χ1v) is 10.3. The Labute approximate surface area is 178 Å². The molecule has 3 atom stereocenters. The van der Waals surface area contributed by atoms with Crippen LogP contribution in [-0.4, -0.2) is 45.3 Å². The second-order valence-corrected chi connectivity index (χ2v) is 8.33. The van der Waals surface area contributed by atoms with Crippen LogP contribution in [0.4, 0.5) is 5.69 Å². The zero-order valence-electron chi connectivity index (χ0n) is 17.2. The maximum Gasteiger partial charge on any atom is 0.315 e. The fourth-order valence-corrected chi connectivity index (χ4v) is 5.07. The largest absolute Gasteiger partial charge is 0.595 e. The normalized spacial score (nSPS) is 21.1. The molecule has 1 amide bonds. The molecule has 3 aromatic rings. The van der Waals surface area contributed by atoms with E-state index >= 15 is 0 Å². The number of hydrogen-bond donors (Lipinski definition) is 2. The second kappa shape index (κ2) is 7.52. The Morgan fingerprint density at radius 3 is 2.84 bits per heavy atom. The smallest absolute Gasteiger partial charge is 0.315 e. The van der Waals surface area contributed by atoms with Gasteiger partial charge in [0.25, 0.3) is 0 Å². The van der Waals surface area contributed by atoms with Gasteiger partial charge >= 0.3 is 5.56 Å². The molecule has 0 saturated carbocycles. The second-order valence-electron chi connectivity index (χ2n) is 8.33. The van der Waals surface area contributed by atoms with Crippen molar-refractivity contribution in [3.8, 4) is 5.75 Å². The van der Waals surface area contributed by atoms with E-state index in [9.17, 15) is 20.0 Å². The van der Waals surface area contributed by atoms with Crippen molar-refractivity contribution >= 4 is 22.5 Å². The number of rotatable bonds is 4. The van der Waals surface area contributed by atoms with E-state index in [1.54, 1.807) is 17.7 Å². The molecule has 162 valence electrons. The molecule has 1 aromatic carbocycles. The van der Waals surface area contributed by atoms with Gasteiger partial charge in [-0.15, -0.1) is 0 Å². The Morgan fingerprint density at radius 1 is 1.23 bits per heavy atom. The van der Waals surface area contributed by atoms with Gasteiger partial charge in [0.1, 0.15) is 12.3 Å². The molecule has 2 aromatic heterocycles. The number of aromatic nitrogens is 2. The van der Waals surface area contributed by atoms with Gasteiger partial charge in [-0.1, -0.05) is 6.07 Å². The fourth-order valence-electron chi connectivity index (χ4n) is 5.07. The van der Waals surface area contributed by atoms with Gasteiger partial charge in [0.15, 0.2) is 0 Å². The summed E-state index contributed by atoms with van der Waals surface area (Å²) in [6, 6.07) is 10.8. The highest BCUT2D eigenvalue weighted by Crippen LogP contribution is 2.35. The number of amides is 1. The van der Waals surface area contributed by atoms with Crippen molar-refractivity contribution in [1.82, 2.24) is 14.0 Å². The maximum atomic E-state index is 13.1. The number of piperidine rings is 1. The van der Waals surface area contributed by atoms with Crippen molar-refractivity contribution in [2.24, 2.45) is 5.92 Å². The van der Waals surface area contributed by atoms with E-state index in [0.29, 0.717) is 19.6 Å². The van der Waals surface area contributed by atoms with Crippen molar-refractivity contribution in [3.05, 3.63) is 63.9 Å². The number of fused-ring (bicyclic) bond motifs is 5. The number of quaternary nitrogens is 1. The van der Waals surface area contributed by atoms with Crippen LogP contribution in [0.3, 0.4) is 0 Å². The first kappa shape index (κ1) is 19.8. The van der Waals surface area contributed by atoms with E-state index in [1.807, 2.05) is 39.9 Å². The number of benzene rings is 1. The van der Waals surface area contributed by atoms with Crippen LogP contribution in [0, 0.1) is 11.1 Å². The zero-order chi connectivity index (χ0) is 21.7. The van der Waals surface area contributed by atoms with Gasteiger partial charge in [0.05, 0.1) is 12.6 Å².